The largest absolute Gasteiger partial charge is 0.497 e. The van der Waals surface area contributed by atoms with E-state index >= 15 is 0 Å². The highest BCUT2D eigenvalue weighted by atomic mass is 16.5. The number of nitrogens with zero attached hydrogens (tertiary/aromatic N) is 4. The van der Waals surface area contributed by atoms with Crippen LogP contribution >= 0.6 is 0 Å². The third-order valence-electron chi connectivity index (χ3n) is 4.74. The fraction of sp³-hybridized carbons (Fsp3) is 0.190. The normalized spacial score (nSPS) is 11.0. The number of hydrogen-bond donors (Lipinski definition) is 0. The van der Waals surface area contributed by atoms with Crippen molar-refractivity contribution in [3.63, 3.8) is 0 Å². The van der Waals surface area contributed by atoms with Crippen molar-refractivity contribution in [2.24, 2.45) is 0 Å². The Morgan fingerprint density at radius 2 is 1.79 bits per heavy atom. The monoisotopic (exact) mass is 376 g/mol. The molecule has 0 atom stereocenters. The van der Waals surface area contributed by atoms with Crippen LogP contribution in [0.2, 0.25) is 0 Å². The molecule has 7 nitrogen and oxygen atoms in total. The number of hydrogen-bond acceptors (Lipinski definition) is 4. The van der Waals surface area contributed by atoms with E-state index in [1.165, 1.54) is 4.57 Å². The molecule has 7 heteroatoms. The van der Waals surface area contributed by atoms with Gasteiger partial charge in [-0.05, 0) is 42.8 Å². The molecule has 2 aromatic carbocycles. The fourth-order valence-electron chi connectivity index (χ4n) is 3.33. The molecule has 0 aliphatic carbocycles. The summed E-state index contributed by atoms with van der Waals surface area (Å²) in [7, 11) is 1.57. The summed E-state index contributed by atoms with van der Waals surface area (Å²) in [4.78, 5) is 30.3. The minimum absolute atomic E-state index is 0.323. The Bertz CT molecular complexity index is 1210. The zero-order valence-corrected chi connectivity index (χ0v) is 15.5. The molecule has 0 unspecified atom stereocenters. The van der Waals surface area contributed by atoms with E-state index in [-0.39, 0.29) is 11.2 Å². The van der Waals surface area contributed by atoms with Gasteiger partial charge in [0.25, 0.3) is 5.56 Å². The van der Waals surface area contributed by atoms with Crippen molar-refractivity contribution in [1.82, 2.24) is 18.7 Å². The number of imidazole rings is 1. The van der Waals surface area contributed by atoms with Gasteiger partial charge in [-0.1, -0.05) is 12.1 Å². The minimum Gasteiger partial charge on any atom is -0.497 e. The Kier molecular flexibility index (Phi) is 4.80. The van der Waals surface area contributed by atoms with Gasteiger partial charge in [0.1, 0.15) is 5.75 Å². The first-order chi connectivity index (χ1) is 13.7. The van der Waals surface area contributed by atoms with Crippen molar-refractivity contribution >= 4 is 10.9 Å². The standard InChI is InChI=1S/C21H20N4O3/c1-28-17-9-7-16(8-10-17)25-20(26)18-5-2-3-6-19(18)24(21(25)27)13-4-12-23-14-11-22-15-23/h2-3,5-11,14-15H,4,12-13H2,1H3. The number of para-hydroxylation sites is 1. The molecule has 0 spiro atoms. The molecule has 0 saturated heterocycles. The molecule has 0 saturated carbocycles. The summed E-state index contributed by atoms with van der Waals surface area (Å²) in [6.07, 6.45) is 6.10. The fourth-order valence-corrected chi connectivity index (χ4v) is 3.33. The van der Waals surface area contributed by atoms with Gasteiger partial charge in [-0.25, -0.2) is 14.3 Å². The van der Waals surface area contributed by atoms with E-state index in [0.29, 0.717) is 28.9 Å². The molecule has 2 aromatic heterocycles. The Morgan fingerprint density at radius 3 is 2.50 bits per heavy atom. The zero-order chi connectivity index (χ0) is 19.5. The van der Waals surface area contributed by atoms with Crippen LogP contribution in [-0.2, 0) is 13.1 Å². The third-order valence-corrected chi connectivity index (χ3v) is 4.74. The summed E-state index contributed by atoms with van der Waals surface area (Å²) in [5, 5.41) is 0.514. The predicted molar refractivity (Wildman–Crippen MR) is 107 cm³/mol. The lowest BCUT2D eigenvalue weighted by atomic mass is 10.2. The zero-order valence-electron chi connectivity index (χ0n) is 15.5. The van der Waals surface area contributed by atoms with Crippen molar-refractivity contribution < 1.29 is 4.74 Å². The van der Waals surface area contributed by atoms with Gasteiger partial charge in [0.2, 0.25) is 0 Å². The number of aryl methyl sites for hydroxylation is 2. The van der Waals surface area contributed by atoms with Crippen LogP contribution in [0.5, 0.6) is 5.75 Å². The van der Waals surface area contributed by atoms with Gasteiger partial charge in [0.15, 0.2) is 0 Å². The molecule has 0 N–H and O–H groups in total. The van der Waals surface area contributed by atoms with E-state index in [1.807, 2.05) is 29.0 Å². The summed E-state index contributed by atoms with van der Waals surface area (Å²) in [6, 6.07) is 14.1. The summed E-state index contributed by atoms with van der Waals surface area (Å²) < 4.78 is 10.0. The van der Waals surface area contributed by atoms with E-state index in [2.05, 4.69) is 4.98 Å². The van der Waals surface area contributed by atoms with Crippen LogP contribution in [0.15, 0.2) is 76.8 Å². The van der Waals surface area contributed by atoms with Crippen LogP contribution in [0, 0.1) is 0 Å². The maximum Gasteiger partial charge on any atom is 0.336 e. The van der Waals surface area contributed by atoms with Gasteiger partial charge in [0, 0.05) is 25.5 Å². The van der Waals surface area contributed by atoms with Gasteiger partial charge in [-0.2, -0.15) is 0 Å². The lowest BCUT2D eigenvalue weighted by molar-refractivity contribution is 0.414. The Morgan fingerprint density at radius 1 is 1.00 bits per heavy atom. The average Bonchev–Trinajstić information content (AvgIpc) is 3.24. The summed E-state index contributed by atoms with van der Waals surface area (Å²) in [5.74, 6) is 0.665. The lowest BCUT2D eigenvalue weighted by Crippen LogP contribution is -2.39. The number of ether oxygens (including phenoxy) is 1. The summed E-state index contributed by atoms with van der Waals surface area (Å²) in [5.41, 5.74) is 0.494. The first kappa shape index (κ1) is 17.8. The van der Waals surface area contributed by atoms with Crippen molar-refractivity contribution in [1.29, 1.82) is 0 Å². The lowest BCUT2D eigenvalue weighted by Gasteiger charge is -2.14. The topological polar surface area (TPSA) is 71.0 Å². The van der Waals surface area contributed by atoms with Crippen LogP contribution in [0.4, 0.5) is 0 Å². The number of methoxy groups -OCH3 is 1. The first-order valence-corrected chi connectivity index (χ1v) is 9.04. The summed E-state index contributed by atoms with van der Waals surface area (Å²) in [6.45, 7) is 1.23. The molecule has 142 valence electrons. The van der Waals surface area contributed by atoms with Crippen LogP contribution in [0.25, 0.3) is 16.6 Å². The molecule has 4 rings (SSSR count). The van der Waals surface area contributed by atoms with Crippen molar-refractivity contribution in [3.05, 3.63) is 88.1 Å². The smallest absolute Gasteiger partial charge is 0.336 e. The molecular formula is C21H20N4O3. The van der Waals surface area contributed by atoms with E-state index in [1.54, 1.807) is 54.5 Å². The highest BCUT2D eigenvalue weighted by Crippen LogP contribution is 2.14. The molecular weight excluding hydrogens is 356 g/mol. The van der Waals surface area contributed by atoms with Crippen LogP contribution in [0.3, 0.4) is 0 Å². The molecule has 4 aromatic rings. The number of rotatable bonds is 6. The Balaban J connectivity index is 1.81. The molecule has 0 aliphatic rings. The van der Waals surface area contributed by atoms with Gasteiger partial charge in [-0.3, -0.25) is 9.36 Å². The first-order valence-electron chi connectivity index (χ1n) is 9.04. The van der Waals surface area contributed by atoms with E-state index in [0.717, 1.165) is 13.0 Å². The van der Waals surface area contributed by atoms with Crippen LogP contribution < -0.4 is 16.0 Å². The van der Waals surface area contributed by atoms with Crippen molar-refractivity contribution in [2.75, 3.05) is 7.11 Å². The molecule has 28 heavy (non-hydrogen) atoms. The second-order valence-electron chi connectivity index (χ2n) is 6.44. The minimum atomic E-state index is -0.348. The molecule has 0 aliphatic heterocycles. The average molecular weight is 376 g/mol. The van der Waals surface area contributed by atoms with Gasteiger partial charge in [0.05, 0.1) is 30.0 Å². The molecule has 2 heterocycles. The third kappa shape index (κ3) is 3.22. The van der Waals surface area contributed by atoms with E-state index in [4.69, 9.17) is 4.74 Å². The SMILES string of the molecule is COc1ccc(-n2c(=O)c3ccccc3n(CCCn3ccnc3)c2=O)cc1. The van der Waals surface area contributed by atoms with Gasteiger partial charge in [-0.15, -0.1) is 0 Å². The summed E-state index contributed by atoms with van der Waals surface area (Å²) >= 11 is 0. The molecule has 0 amide bonds. The molecule has 0 bridgehead atoms. The number of fused-ring (bicyclic) bond motifs is 1. The van der Waals surface area contributed by atoms with Crippen molar-refractivity contribution in [3.8, 4) is 11.4 Å². The predicted octanol–water partition coefficient (Wildman–Crippen LogP) is 2.45. The molecule has 0 radical (unpaired) electrons. The Hall–Kier alpha value is -3.61. The van der Waals surface area contributed by atoms with Gasteiger partial charge < -0.3 is 9.30 Å². The van der Waals surface area contributed by atoms with Gasteiger partial charge >= 0.3 is 5.69 Å². The van der Waals surface area contributed by atoms with E-state index in [9.17, 15) is 9.59 Å². The maximum absolute atomic E-state index is 13.2. The number of benzene rings is 2. The maximum atomic E-state index is 13.2. The molecule has 0 fully saturated rings. The van der Waals surface area contributed by atoms with Crippen LogP contribution in [-0.4, -0.2) is 25.8 Å². The second-order valence-corrected chi connectivity index (χ2v) is 6.44. The quantitative estimate of drug-likeness (QED) is 0.518. The van der Waals surface area contributed by atoms with Crippen molar-refractivity contribution in [2.45, 2.75) is 19.5 Å². The highest BCUT2D eigenvalue weighted by molar-refractivity contribution is 5.78. The number of aromatic nitrogens is 4. The van der Waals surface area contributed by atoms with Crippen LogP contribution in [0.1, 0.15) is 6.42 Å². The second kappa shape index (κ2) is 7.56. The Labute approximate surface area is 161 Å². The van der Waals surface area contributed by atoms with E-state index < -0.39 is 0 Å². The highest BCUT2D eigenvalue weighted by Gasteiger charge is 2.14.